The second-order valence-corrected chi connectivity index (χ2v) is 7.35. The van der Waals surface area contributed by atoms with Gasteiger partial charge in [-0.1, -0.05) is 0 Å². The highest BCUT2D eigenvalue weighted by atomic mass is 16.5. The van der Waals surface area contributed by atoms with Gasteiger partial charge in [-0.15, -0.1) is 0 Å². The van der Waals surface area contributed by atoms with Crippen LogP contribution >= 0.6 is 0 Å². The van der Waals surface area contributed by atoms with Crippen molar-refractivity contribution in [1.82, 2.24) is 9.88 Å². The fourth-order valence-corrected chi connectivity index (χ4v) is 4.74. The predicted octanol–water partition coefficient (Wildman–Crippen LogP) is 2.37. The summed E-state index contributed by atoms with van der Waals surface area (Å²) in [6.07, 6.45) is 4.30. The molecule has 3 aliphatic rings. The van der Waals surface area contributed by atoms with E-state index in [-0.39, 0.29) is 12.6 Å². The van der Waals surface area contributed by atoms with E-state index in [0.29, 0.717) is 11.8 Å². The zero-order valence-corrected chi connectivity index (χ0v) is 14.6. The Bertz CT molecular complexity index is 751. The molecule has 2 aromatic rings. The minimum absolute atomic E-state index is 0.144. The molecule has 2 N–H and O–H groups in total. The standard InChI is InChI=1S/C20H26N2O3/c1-25-15-2-3-18-17(11-15)16(4-7-21-18)20(24)19-10-13-5-8-22(19)12-14(13)6-9-23/h2-4,7,11,13-14,19-20,23-24H,5-6,8-10,12H2,1H3/t13-,14-,19-,20+/m0/s1. The Morgan fingerprint density at radius 3 is 2.96 bits per heavy atom. The average molecular weight is 342 g/mol. The molecular formula is C20H26N2O3. The number of methoxy groups -OCH3 is 1. The topological polar surface area (TPSA) is 65.8 Å². The van der Waals surface area contributed by atoms with Crippen molar-refractivity contribution in [2.45, 2.75) is 31.4 Å². The lowest BCUT2D eigenvalue weighted by Crippen LogP contribution is -2.55. The molecule has 0 aliphatic carbocycles. The van der Waals surface area contributed by atoms with Crippen LogP contribution in [0.25, 0.3) is 10.9 Å². The van der Waals surface area contributed by atoms with Crippen molar-refractivity contribution in [3.05, 3.63) is 36.0 Å². The van der Waals surface area contributed by atoms with Gasteiger partial charge in [-0.3, -0.25) is 9.88 Å². The number of aromatic nitrogens is 1. The third-order valence-corrected chi connectivity index (χ3v) is 6.10. The molecule has 0 saturated carbocycles. The molecular weight excluding hydrogens is 316 g/mol. The SMILES string of the molecule is COc1ccc2nccc([C@@H](O)[C@@H]3C[C@@H]4CCN3C[C@@H]4CCO)c2c1. The number of aliphatic hydroxyl groups is 2. The van der Waals surface area contributed by atoms with Crippen LogP contribution in [-0.2, 0) is 0 Å². The summed E-state index contributed by atoms with van der Waals surface area (Å²) in [5.74, 6) is 1.96. The fourth-order valence-electron chi connectivity index (χ4n) is 4.74. The van der Waals surface area contributed by atoms with E-state index < -0.39 is 6.10 Å². The second kappa shape index (κ2) is 6.90. The van der Waals surface area contributed by atoms with Crippen LogP contribution in [0.15, 0.2) is 30.5 Å². The molecule has 0 amide bonds. The van der Waals surface area contributed by atoms with Crippen molar-refractivity contribution >= 4 is 10.9 Å². The summed E-state index contributed by atoms with van der Waals surface area (Å²) in [6.45, 7) is 2.29. The summed E-state index contributed by atoms with van der Waals surface area (Å²) >= 11 is 0. The summed E-state index contributed by atoms with van der Waals surface area (Å²) in [7, 11) is 1.65. The van der Waals surface area contributed by atoms with Crippen LogP contribution in [0.1, 0.15) is 30.9 Å². The third-order valence-electron chi connectivity index (χ3n) is 6.10. The number of aliphatic hydroxyl groups excluding tert-OH is 2. The van der Waals surface area contributed by atoms with Crippen molar-refractivity contribution in [1.29, 1.82) is 0 Å². The van der Waals surface area contributed by atoms with E-state index in [9.17, 15) is 10.2 Å². The molecule has 25 heavy (non-hydrogen) atoms. The third kappa shape index (κ3) is 3.01. The number of nitrogens with zero attached hydrogens (tertiary/aromatic N) is 2. The van der Waals surface area contributed by atoms with Crippen LogP contribution in [0.2, 0.25) is 0 Å². The molecule has 5 nitrogen and oxygen atoms in total. The molecule has 5 rings (SSSR count). The zero-order chi connectivity index (χ0) is 17.4. The monoisotopic (exact) mass is 342 g/mol. The van der Waals surface area contributed by atoms with Crippen LogP contribution < -0.4 is 4.74 Å². The highest BCUT2D eigenvalue weighted by Gasteiger charge is 2.42. The van der Waals surface area contributed by atoms with E-state index in [1.807, 2.05) is 24.3 Å². The Kier molecular flexibility index (Phi) is 4.63. The van der Waals surface area contributed by atoms with Crippen LogP contribution in [0.5, 0.6) is 5.75 Å². The molecule has 134 valence electrons. The number of benzene rings is 1. The highest BCUT2D eigenvalue weighted by Crippen LogP contribution is 2.42. The molecule has 3 fully saturated rings. The van der Waals surface area contributed by atoms with Crippen LogP contribution in [0.3, 0.4) is 0 Å². The lowest BCUT2D eigenvalue weighted by molar-refractivity contribution is -0.0599. The van der Waals surface area contributed by atoms with Gasteiger partial charge in [0.05, 0.1) is 18.7 Å². The Labute approximate surface area is 148 Å². The number of hydrogen-bond acceptors (Lipinski definition) is 5. The molecule has 2 bridgehead atoms. The minimum atomic E-state index is -0.532. The summed E-state index contributed by atoms with van der Waals surface area (Å²) < 4.78 is 5.35. The van der Waals surface area contributed by atoms with Gasteiger partial charge < -0.3 is 14.9 Å². The molecule has 5 atom stereocenters. The average Bonchev–Trinajstić information content (AvgIpc) is 2.67. The summed E-state index contributed by atoms with van der Waals surface area (Å²) in [5, 5.41) is 21.4. The molecule has 0 radical (unpaired) electrons. The fraction of sp³-hybridized carbons (Fsp3) is 0.550. The predicted molar refractivity (Wildman–Crippen MR) is 96.5 cm³/mol. The Balaban J connectivity index is 1.63. The second-order valence-electron chi connectivity index (χ2n) is 7.35. The normalized spacial score (nSPS) is 29.7. The first-order chi connectivity index (χ1) is 12.2. The molecule has 1 unspecified atom stereocenters. The Hall–Kier alpha value is -1.69. The van der Waals surface area contributed by atoms with Crippen LogP contribution in [0.4, 0.5) is 0 Å². The van der Waals surface area contributed by atoms with E-state index in [1.54, 1.807) is 13.3 Å². The van der Waals surface area contributed by atoms with Gasteiger partial charge in [0.25, 0.3) is 0 Å². The smallest absolute Gasteiger partial charge is 0.119 e. The van der Waals surface area contributed by atoms with E-state index in [0.717, 1.165) is 48.1 Å². The van der Waals surface area contributed by atoms with Gasteiger partial charge in [0, 0.05) is 30.8 Å². The Morgan fingerprint density at radius 1 is 1.36 bits per heavy atom. The number of hydrogen-bond donors (Lipinski definition) is 2. The molecule has 1 aromatic carbocycles. The van der Waals surface area contributed by atoms with Crippen molar-refractivity contribution in [3.8, 4) is 5.75 Å². The minimum Gasteiger partial charge on any atom is -0.497 e. The lowest BCUT2D eigenvalue weighted by Gasteiger charge is -2.51. The zero-order valence-electron chi connectivity index (χ0n) is 14.6. The van der Waals surface area contributed by atoms with Crippen molar-refractivity contribution in [2.24, 2.45) is 11.8 Å². The van der Waals surface area contributed by atoms with Gasteiger partial charge >= 0.3 is 0 Å². The molecule has 1 aromatic heterocycles. The number of ether oxygens (including phenoxy) is 1. The number of pyridine rings is 1. The molecule has 0 spiro atoms. The van der Waals surface area contributed by atoms with Gasteiger partial charge in [0.2, 0.25) is 0 Å². The molecule has 4 heterocycles. The number of rotatable bonds is 5. The van der Waals surface area contributed by atoms with Crippen molar-refractivity contribution < 1.29 is 14.9 Å². The molecule has 5 heteroatoms. The lowest BCUT2D eigenvalue weighted by atomic mass is 9.72. The van der Waals surface area contributed by atoms with Crippen molar-refractivity contribution in [3.63, 3.8) is 0 Å². The highest BCUT2D eigenvalue weighted by molar-refractivity contribution is 5.83. The van der Waals surface area contributed by atoms with Crippen LogP contribution in [0, 0.1) is 11.8 Å². The largest absolute Gasteiger partial charge is 0.497 e. The first-order valence-electron chi connectivity index (χ1n) is 9.17. The van der Waals surface area contributed by atoms with Gasteiger partial charge in [0.1, 0.15) is 5.75 Å². The number of fused-ring (bicyclic) bond motifs is 4. The quantitative estimate of drug-likeness (QED) is 0.873. The van der Waals surface area contributed by atoms with E-state index >= 15 is 0 Å². The summed E-state index contributed by atoms with van der Waals surface area (Å²) in [4.78, 5) is 6.84. The van der Waals surface area contributed by atoms with E-state index in [4.69, 9.17) is 4.74 Å². The first-order valence-corrected chi connectivity index (χ1v) is 9.17. The first kappa shape index (κ1) is 16.8. The van der Waals surface area contributed by atoms with Gasteiger partial charge in [-0.2, -0.15) is 0 Å². The Morgan fingerprint density at radius 2 is 2.24 bits per heavy atom. The van der Waals surface area contributed by atoms with E-state index in [2.05, 4.69) is 9.88 Å². The maximum absolute atomic E-state index is 11.2. The van der Waals surface area contributed by atoms with Crippen LogP contribution in [-0.4, -0.2) is 52.9 Å². The van der Waals surface area contributed by atoms with Crippen molar-refractivity contribution in [2.75, 3.05) is 26.8 Å². The number of piperidine rings is 3. The van der Waals surface area contributed by atoms with Gasteiger partial charge in [-0.25, -0.2) is 0 Å². The maximum atomic E-state index is 11.2. The molecule has 3 saturated heterocycles. The summed E-state index contributed by atoms with van der Waals surface area (Å²) in [6, 6.07) is 7.88. The maximum Gasteiger partial charge on any atom is 0.119 e. The summed E-state index contributed by atoms with van der Waals surface area (Å²) in [5.41, 5.74) is 1.81. The van der Waals surface area contributed by atoms with Gasteiger partial charge in [0.15, 0.2) is 0 Å². The van der Waals surface area contributed by atoms with E-state index in [1.165, 1.54) is 6.42 Å². The van der Waals surface area contributed by atoms with Gasteiger partial charge in [-0.05, 0) is 67.5 Å². The molecule has 3 aliphatic heterocycles.